The molecule has 4 heterocycles. The molecular formula is C24H24N6O7S2. The number of amides is 1. The van der Waals surface area contributed by atoms with E-state index in [4.69, 9.17) is 24.4 Å². The zero-order valence-corrected chi connectivity index (χ0v) is 22.5. The summed E-state index contributed by atoms with van der Waals surface area (Å²) in [5.41, 5.74) is 5.51. The molecule has 1 atom stereocenters. The highest BCUT2D eigenvalue weighted by molar-refractivity contribution is 8.00. The van der Waals surface area contributed by atoms with E-state index in [1.54, 1.807) is 36.0 Å². The van der Waals surface area contributed by atoms with E-state index in [9.17, 15) is 14.7 Å². The number of anilines is 2. The minimum Gasteiger partial charge on any atom is -0.496 e. The van der Waals surface area contributed by atoms with Crippen LogP contribution in [0.5, 0.6) is 17.2 Å². The summed E-state index contributed by atoms with van der Waals surface area (Å²) >= 11 is 2.74. The summed E-state index contributed by atoms with van der Waals surface area (Å²) < 4.78 is 23.5. The van der Waals surface area contributed by atoms with E-state index in [0.29, 0.717) is 28.0 Å². The van der Waals surface area contributed by atoms with Crippen molar-refractivity contribution in [2.75, 3.05) is 43.4 Å². The molecule has 0 aliphatic carbocycles. The van der Waals surface area contributed by atoms with Crippen LogP contribution in [0.4, 0.5) is 10.9 Å². The molecule has 1 aromatic carbocycles. The minimum absolute atomic E-state index is 0.0743. The van der Waals surface area contributed by atoms with Gasteiger partial charge in [-0.15, -0.1) is 10.2 Å². The lowest BCUT2D eigenvalue weighted by Crippen LogP contribution is -2.36. The maximum atomic E-state index is 13.2. The fourth-order valence-electron chi connectivity index (χ4n) is 3.80. The fraction of sp³-hybridized carbons (Fsp3) is 0.292. The number of thioether (sulfide) groups is 1. The number of carbonyl (C=O) groups excluding carboxylic acids is 1. The Morgan fingerprint density at radius 1 is 1.26 bits per heavy atom. The lowest BCUT2D eigenvalue weighted by Gasteiger charge is -2.29. The van der Waals surface area contributed by atoms with Crippen molar-refractivity contribution in [3.63, 3.8) is 0 Å². The zero-order valence-electron chi connectivity index (χ0n) is 20.8. The lowest BCUT2D eigenvalue weighted by atomic mass is 10.0. The first-order valence-electron chi connectivity index (χ1n) is 11.6. The Morgan fingerprint density at radius 3 is 2.62 bits per heavy atom. The summed E-state index contributed by atoms with van der Waals surface area (Å²) in [6, 6.07) is 8.03. The van der Waals surface area contributed by atoms with Gasteiger partial charge in [0, 0.05) is 17.5 Å². The van der Waals surface area contributed by atoms with Crippen LogP contribution in [0, 0.1) is 5.92 Å². The van der Waals surface area contributed by atoms with Crippen molar-refractivity contribution in [3.8, 4) is 33.5 Å². The average Bonchev–Trinajstić information content (AvgIpc) is 3.54. The summed E-state index contributed by atoms with van der Waals surface area (Å²) in [6.07, 6.45) is 0.738. The highest BCUT2D eigenvalue weighted by atomic mass is 32.2. The van der Waals surface area contributed by atoms with Gasteiger partial charge in [-0.25, -0.2) is 4.79 Å². The van der Waals surface area contributed by atoms with E-state index >= 15 is 0 Å². The van der Waals surface area contributed by atoms with Crippen LogP contribution in [0.3, 0.4) is 0 Å². The molecule has 5 rings (SSSR count). The van der Waals surface area contributed by atoms with Crippen molar-refractivity contribution < 1.29 is 28.5 Å². The van der Waals surface area contributed by atoms with Crippen molar-refractivity contribution in [1.82, 2.24) is 20.0 Å². The van der Waals surface area contributed by atoms with Crippen LogP contribution >= 0.6 is 23.1 Å². The second-order valence-electron chi connectivity index (χ2n) is 8.37. The van der Waals surface area contributed by atoms with E-state index in [-0.39, 0.29) is 34.7 Å². The number of nitrogens with zero attached hydrogens (tertiary/aromatic N) is 4. The summed E-state index contributed by atoms with van der Waals surface area (Å²) in [5.74, 6) is 1.53. The number of nitrogen functional groups attached to an aromatic ring is 1. The van der Waals surface area contributed by atoms with Crippen molar-refractivity contribution in [1.29, 1.82) is 0 Å². The Balaban J connectivity index is 1.50. The first kappa shape index (κ1) is 26.5. The Hall–Kier alpha value is -4.08. The molecule has 13 nitrogen and oxygen atoms in total. The van der Waals surface area contributed by atoms with Gasteiger partial charge >= 0.3 is 5.63 Å². The molecule has 0 unspecified atom stereocenters. The van der Waals surface area contributed by atoms with Crippen LogP contribution in [-0.4, -0.2) is 69.4 Å². The second kappa shape index (κ2) is 11.3. The molecule has 4 aromatic rings. The van der Waals surface area contributed by atoms with Gasteiger partial charge in [0.1, 0.15) is 23.9 Å². The van der Waals surface area contributed by atoms with Gasteiger partial charge in [0.15, 0.2) is 5.76 Å². The minimum atomic E-state index is -0.914. The second-order valence-corrected chi connectivity index (χ2v) is 10.4. The molecule has 0 radical (unpaired) electrons. The predicted molar refractivity (Wildman–Crippen MR) is 145 cm³/mol. The largest absolute Gasteiger partial charge is 0.496 e. The quantitative estimate of drug-likeness (QED) is 0.253. The molecule has 1 amide bonds. The molecule has 15 heteroatoms. The molecule has 3 aromatic heterocycles. The molecule has 1 aliphatic heterocycles. The average molecular weight is 573 g/mol. The molecule has 39 heavy (non-hydrogen) atoms. The maximum absolute atomic E-state index is 13.2. The van der Waals surface area contributed by atoms with Crippen LogP contribution in [0.15, 0.2) is 45.7 Å². The Bertz CT molecular complexity index is 1530. The lowest BCUT2D eigenvalue weighted by molar-refractivity contribution is 0.0680. The predicted octanol–water partition coefficient (Wildman–Crippen LogP) is 2.30. The molecule has 1 fully saturated rings. The summed E-state index contributed by atoms with van der Waals surface area (Å²) in [7, 11) is 2.94. The molecule has 1 aliphatic rings. The van der Waals surface area contributed by atoms with Crippen LogP contribution in [0.25, 0.3) is 16.3 Å². The van der Waals surface area contributed by atoms with Crippen LogP contribution in [0.1, 0.15) is 10.6 Å². The number of aliphatic hydroxyl groups is 1. The highest BCUT2D eigenvalue weighted by Crippen LogP contribution is 2.42. The molecule has 0 spiro atoms. The Morgan fingerprint density at radius 2 is 2.00 bits per heavy atom. The van der Waals surface area contributed by atoms with Crippen molar-refractivity contribution in [2.24, 2.45) is 5.92 Å². The molecule has 4 N–H and O–H groups in total. The third kappa shape index (κ3) is 5.41. The van der Waals surface area contributed by atoms with E-state index in [2.05, 4.69) is 20.6 Å². The highest BCUT2D eigenvalue weighted by Gasteiger charge is 2.29. The van der Waals surface area contributed by atoms with E-state index in [1.807, 2.05) is 0 Å². The standard InChI is InChI=1S/C24H24N6O7S2/c1-34-15-4-3-5-16(35-2)19(15)13-8-17(37-22(33)20(13)36-9-14(31)12-10-38-11-12)21(32)27-23-28-29-24(39-23)30-18(25)6-7-26-30/h3-8,12,14,31H,9-11,25H2,1-2H3,(H,27,28,32)/t14-/m1/s1. The van der Waals surface area contributed by atoms with Gasteiger partial charge in [-0.2, -0.15) is 21.5 Å². The normalized spacial score (nSPS) is 13.9. The SMILES string of the molecule is COc1cccc(OC)c1-c1cc(C(=O)Nc2nnc(-n3nccc3N)s2)oc(=O)c1OC[C@@H](O)C1CSC1. The van der Waals surface area contributed by atoms with Crippen LogP contribution < -0.4 is 30.9 Å². The number of hydrogen-bond acceptors (Lipinski definition) is 13. The molecule has 0 bridgehead atoms. The number of ether oxygens (including phenoxy) is 3. The summed E-state index contributed by atoms with van der Waals surface area (Å²) in [5, 5.41) is 25.5. The first-order chi connectivity index (χ1) is 18.9. The number of nitrogens with two attached hydrogens (primary N) is 1. The number of nitrogens with one attached hydrogen (secondary N) is 1. The van der Waals surface area contributed by atoms with E-state index < -0.39 is 17.6 Å². The monoisotopic (exact) mass is 572 g/mol. The van der Waals surface area contributed by atoms with Crippen LogP contribution in [0.2, 0.25) is 0 Å². The number of benzene rings is 1. The number of carbonyl (C=O) groups is 1. The number of aliphatic hydroxyl groups excluding tert-OH is 1. The number of hydrogen-bond donors (Lipinski definition) is 3. The third-order valence-corrected chi connectivity index (χ3v) is 8.07. The zero-order chi connectivity index (χ0) is 27.5. The van der Waals surface area contributed by atoms with E-state index in [0.717, 1.165) is 22.8 Å². The van der Waals surface area contributed by atoms with Crippen LogP contribution in [-0.2, 0) is 0 Å². The van der Waals surface area contributed by atoms with Crippen molar-refractivity contribution in [3.05, 3.63) is 52.7 Å². The fourth-order valence-corrected chi connectivity index (χ4v) is 5.47. The number of methoxy groups -OCH3 is 2. The summed E-state index contributed by atoms with van der Waals surface area (Å²) in [6.45, 7) is -0.129. The van der Waals surface area contributed by atoms with Gasteiger partial charge < -0.3 is 29.5 Å². The van der Waals surface area contributed by atoms with Gasteiger partial charge in [0.2, 0.25) is 16.0 Å². The van der Waals surface area contributed by atoms with Crippen molar-refractivity contribution in [2.45, 2.75) is 6.10 Å². The van der Waals surface area contributed by atoms with Gasteiger partial charge in [0.25, 0.3) is 5.91 Å². The number of aromatic nitrogens is 4. The number of rotatable bonds is 10. The Labute approximate surface area is 229 Å². The molecule has 204 valence electrons. The first-order valence-corrected chi connectivity index (χ1v) is 13.6. The molecular weight excluding hydrogens is 548 g/mol. The Kier molecular flexibility index (Phi) is 7.72. The maximum Gasteiger partial charge on any atom is 0.379 e. The topological polar surface area (TPSA) is 177 Å². The third-order valence-electron chi connectivity index (χ3n) is 5.92. The van der Waals surface area contributed by atoms with Gasteiger partial charge in [-0.1, -0.05) is 17.4 Å². The van der Waals surface area contributed by atoms with Crippen molar-refractivity contribution >= 4 is 40.0 Å². The molecule has 0 saturated carbocycles. The van der Waals surface area contributed by atoms with Gasteiger partial charge in [-0.3, -0.25) is 10.1 Å². The van der Waals surface area contributed by atoms with Gasteiger partial charge in [0.05, 0.1) is 32.1 Å². The van der Waals surface area contributed by atoms with Gasteiger partial charge in [-0.05, 0) is 29.7 Å². The van der Waals surface area contributed by atoms with E-state index in [1.165, 1.54) is 31.2 Å². The molecule has 1 saturated heterocycles. The smallest absolute Gasteiger partial charge is 0.379 e. The summed E-state index contributed by atoms with van der Waals surface area (Å²) in [4.78, 5) is 26.3.